The van der Waals surface area contributed by atoms with Gasteiger partial charge in [0.1, 0.15) is 0 Å². The molecule has 5 nitrogen and oxygen atoms in total. The van der Waals surface area contributed by atoms with Crippen molar-refractivity contribution in [2.45, 2.75) is 39.5 Å². The number of carbonyl (C=O) groups is 2. The maximum atomic E-state index is 12.4. The predicted octanol–water partition coefficient (Wildman–Crippen LogP) is 2.99. The first-order chi connectivity index (χ1) is 12.0. The molecule has 1 aromatic carbocycles. The smallest absolute Gasteiger partial charge is 0.307 e. The second-order valence-corrected chi connectivity index (χ2v) is 6.11. The summed E-state index contributed by atoms with van der Waals surface area (Å²) in [7, 11) is 0. The normalized spacial score (nSPS) is 11.1. The van der Waals surface area contributed by atoms with E-state index in [1.165, 1.54) is 11.6 Å². The zero-order chi connectivity index (χ0) is 18.7. The summed E-state index contributed by atoms with van der Waals surface area (Å²) in [6.07, 6.45) is 3.91. The lowest BCUT2D eigenvalue weighted by molar-refractivity contribution is -0.143. The van der Waals surface area contributed by atoms with Crippen LogP contribution in [0.4, 0.5) is 0 Å². The van der Waals surface area contributed by atoms with Crippen LogP contribution < -0.4 is 0 Å². The monoisotopic (exact) mass is 347 g/mol. The van der Waals surface area contributed by atoms with E-state index in [4.69, 9.17) is 9.84 Å². The van der Waals surface area contributed by atoms with Crippen molar-refractivity contribution in [1.29, 1.82) is 0 Å². The van der Waals surface area contributed by atoms with Gasteiger partial charge in [0.2, 0.25) is 5.91 Å². The van der Waals surface area contributed by atoms with Gasteiger partial charge in [-0.25, -0.2) is 0 Å². The first kappa shape index (κ1) is 20.9. The van der Waals surface area contributed by atoms with Crippen molar-refractivity contribution in [3.63, 3.8) is 0 Å². The third kappa shape index (κ3) is 7.98. The number of benzene rings is 1. The molecule has 0 radical (unpaired) electrons. The van der Waals surface area contributed by atoms with E-state index in [1.807, 2.05) is 12.1 Å². The molecule has 0 heterocycles. The zero-order valence-corrected chi connectivity index (χ0v) is 15.4. The largest absolute Gasteiger partial charge is 0.466 e. The van der Waals surface area contributed by atoms with Gasteiger partial charge in [-0.3, -0.25) is 9.59 Å². The van der Waals surface area contributed by atoms with Gasteiger partial charge in [-0.2, -0.15) is 0 Å². The van der Waals surface area contributed by atoms with Crippen LogP contribution >= 0.6 is 0 Å². The Hall–Kier alpha value is -2.14. The SMILES string of the molecule is CCOC(=O)CCN(CCCO)C(=O)/C=C/c1ccc(C(C)C)cc1. The van der Waals surface area contributed by atoms with Gasteiger partial charge in [0, 0.05) is 25.8 Å². The highest BCUT2D eigenvalue weighted by Gasteiger charge is 2.13. The van der Waals surface area contributed by atoms with Crippen molar-refractivity contribution in [3.05, 3.63) is 41.5 Å². The minimum absolute atomic E-state index is 0.00354. The summed E-state index contributed by atoms with van der Waals surface area (Å²) in [5.74, 6) is -0.0280. The van der Waals surface area contributed by atoms with Gasteiger partial charge in [0.15, 0.2) is 0 Å². The molecule has 5 heteroatoms. The van der Waals surface area contributed by atoms with Crippen LogP contribution in [-0.2, 0) is 14.3 Å². The maximum absolute atomic E-state index is 12.4. The minimum atomic E-state index is -0.322. The van der Waals surface area contributed by atoms with E-state index in [0.29, 0.717) is 25.5 Å². The van der Waals surface area contributed by atoms with Gasteiger partial charge in [-0.1, -0.05) is 38.1 Å². The zero-order valence-electron chi connectivity index (χ0n) is 15.4. The number of nitrogens with zero attached hydrogens (tertiary/aromatic N) is 1. The van der Waals surface area contributed by atoms with E-state index in [0.717, 1.165) is 5.56 Å². The Morgan fingerprint density at radius 1 is 1.20 bits per heavy atom. The number of carbonyl (C=O) groups excluding carboxylic acids is 2. The molecule has 0 bridgehead atoms. The first-order valence-electron chi connectivity index (χ1n) is 8.81. The Kier molecular flexibility index (Phi) is 9.55. The number of amides is 1. The van der Waals surface area contributed by atoms with Gasteiger partial charge in [-0.05, 0) is 36.5 Å². The Morgan fingerprint density at radius 2 is 1.88 bits per heavy atom. The number of ether oxygens (including phenoxy) is 1. The standard InChI is InChI=1S/C20H29NO4/c1-4-25-20(24)12-14-21(13-5-15-22)19(23)11-8-17-6-9-18(10-7-17)16(2)3/h6-11,16,22H,4-5,12-15H2,1-3H3/b11-8+. The van der Waals surface area contributed by atoms with Crippen molar-refractivity contribution < 1.29 is 19.4 Å². The number of esters is 1. The molecule has 0 aromatic heterocycles. The van der Waals surface area contributed by atoms with Crippen molar-refractivity contribution in [2.75, 3.05) is 26.3 Å². The van der Waals surface area contributed by atoms with Crippen LogP contribution in [0, 0.1) is 0 Å². The molecule has 0 saturated carbocycles. The van der Waals surface area contributed by atoms with Gasteiger partial charge >= 0.3 is 5.97 Å². The molecule has 1 amide bonds. The van der Waals surface area contributed by atoms with Crippen molar-refractivity contribution in [2.24, 2.45) is 0 Å². The van der Waals surface area contributed by atoms with Crippen LogP contribution in [0.2, 0.25) is 0 Å². The highest BCUT2D eigenvalue weighted by Crippen LogP contribution is 2.15. The molecule has 0 spiro atoms. The number of aliphatic hydroxyl groups is 1. The number of hydrogen-bond donors (Lipinski definition) is 1. The summed E-state index contributed by atoms with van der Waals surface area (Å²) in [5, 5.41) is 8.99. The fourth-order valence-corrected chi connectivity index (χ4v) is 2.32. The highest BCUT2D eigenvalue weighted by molar-refractivity contribution is 5.92. The molecular weight excluding hydrogens is 318 g/mol. The number of aliphatic hydroxyl groups excluding tert-OH is 1. The van der Waals surface area contributed by atoms with E-state index >= 15 is 0 Å². The van der Waals surface area contributed by atoms with Gasteiger partial charge in [0.25, 0.3) is 0 Å². The summed E-state index contributed by atoms with van der Waals surface area (Å²) in [6.45, 7) is 7.05. The van der Waals surface area contributed by atoms with Gasteiger partial charge in [-0.15, -0.1) is 0 Å². The van der Waals surface area contributed by atoms with Crippen molar-refractivity contribution in [3.8, 4) is 0 Å². The average Bonchev–Trinajstić information content (AvgIpc) is 2.60. The summed E-state index contributed by atoms with van der Waals surface area (Å²) in [6, 6.07) is 8.07. The summed E-state index contributed by atoms with van der Waals surface area (Å²) in [4.78, 5) is 25.4. The van der Waals surface area contributed by atoms with Gasteiger partial charge < -0.3 is 14.7 Å². The average molecular weight is 347 g/mol. The lowest BCUT2D eigenvalue weighted by Gasteiger charge is -2.20. The molecule has 0 unspecified atom stereocenters. The number of hydrogen-bond acceptors (Lipinski definition) is 4. The second kappa shape index (κ2) is 11.4. The maximum Gasteiger partial charge on any atom is 0.307 e. The van der Waals surface area contributed by atoms with Gasteiger partial charge in [0.05, 0.1) is 13.0 Å². The van der Waals surface area contributed by atoms with Crippen LogP contribution in [0.25, 0.3) is 6.08 Å². The lowest BCUT2D eigenvalue weighted by atomic mass is 10.0. The molecule has 1 rings (SSSR count). The fourth-order valence-electron chi connectivity index (χ4n) is 2.32. The topological polar surface area (TPSA) is 66.8 Å². The van der Waals surface area contributed by atoms with Crippen LogP contribution in [0.15, 0.2) is 30.3 Å². The summed E-state index contributed by atoms with van der Waals surface area (Å²) >= 11 is 0. The van der Waals surface area contributed by atoms with E-state index in [-0.39, 0.29) is 31.4 Å². The molecule has 0 saturated heterocycles. The van der Waals surface area contributed by atoms with Crippen molar-refractivity contribution >= 4 is 18.0 Å². The lowest BCUT2D eigenvalue weighted by Crippen LogP contribution is -2.33. The van der Waals surface area contributed by atoms with Crippen LogP contribution in [0.5, 0.6) is 0 Å². The van der Waals surface area contributed by atoms with Crippen LogP contribution in [0.1, 0.15) is 50.7 Å². The Labute approximate surface area is 150 Å². The Bertz CT molecular complexity index is 564. The van der Waals surface area contributed by atoms with E-state index in [9.17, 15) is 9.59 Å². The summed E-state index contributed by atoms with van der Waals surface area (Å²) < 4.78 is 4.89. The first-order valence-corrected chi connectivity index (χ1v) is 8.81. The van der Waals surface area contributed by atoms with Crippen molar-refractivity contribution in [1.82, 2.24) is 4.90 Å². The molecule has 0 fully saturated rings. The van der Waals surface area contributed by atoms with E-state index in [2.05, 4.69) is 26.0 Å². The minimum Gasteiger partial charge on any atom is -0.466 e. The second-order valence-electron chi connectivity index (χ2n) is 6.11. The number of rotatable bonds is 10. The molecule has 138 valence electrons. The fraction of sp³-hybridized carbons (Fsp3) is 0.500. The van der Waals surface area contributed by atoms with E-state index < -0.39 is 0 Å². The Balaban J connectivity index is 2.67. The molecule has 25 heavy (non-hydrogen) atoms. The molecule has 0 aliphatic carbocycles. The highest BCUT2D eigenvalue weighted by atomic mass is 16.5. The summed E-state index contributed by atoms with van der Waals surface area (Å²) in [5.41, 5.74) is 2.20. The third-order valence-corrected chi connectivity index (χ3v) is 3.81. The molecule has 1 N–H and O–H groups in total. The molecule has 0 atom stereocenters. The Morgan fingerprint density at radius 3 is 2.44 bits per heavy atom. The molecule has 0 aliphatic heterocycles. The molecule has 1 aromatic rings. The van der Waals surface area contributed by atoms with Crippen LogP contribution in [-0.4, -0.2) is 48.2 Å². The third-order valence-electron chi connectivity index (χ3n) is 3.81. The van der Waals surface area contributed by atoms with Crippen LogP contribution in [0.3, 0.4) is 0 Å². The molecule has 0 aliphatic rings. The predicted molar refractivity (Wildman–Crippen MR) is 99.1 cm³/mol. The van der Waals surface area contributed by atoms with E-state index in [1.54, 1.807) is 17.9 Å². The molecular formula is C20H29NO4. The quantitative estimate of drug-likeness (QED) is 0.522.